The van der Waals surface area contributed by atoms with Gasteiger partial charge in [-0.3, -0.25) is 0 Å². The highest BCUT2D eigenvalue weighted by atomic mass is 14.9. The van der Waals surface area contributed by atoms with Crippen molar-refractivity contribution in [1.82, 2.24) is 9.97 Å². The molecule has 0 radical (unpaired) electrons. The second-order valence-electron chi connectivity index (χ2n) is 12.1. The molecular weight excluding hydrogens is 544 g/mol. The van der Waals surface area contributed by atoms with E-state index in [9.17, 15) is 0 Å². The molecule has 0 N–H and O–H groups in total. The van der Waals surface area contributed by atoms with Crippen molar-refractivity contribution >= 4 is 21.5 Å². The molecule has 1 aromatic heterocycles. The first kappa shape index (κ1) is 24.6. The summed E-state index contributed by atoms with van der Waals surface area (Å²) < 4.78 is 0. The van der Waals surface area contributed by atoms with E-state index in [1.54, 1.807) is 0 Å². The molecular formula is C43H26N2. The maximum Gasteiger partial charge on any atom is 0.161 e. The number of benzene rings is 7. The Kier molecular flexibility index (Phi) is 4.95. The Morgan fingerprint density at radius 1 is 0.378 bits per heavy atom. The second kappa shape index (κ2) is 9.07. The standard InChI is InChI=1S/C43H26N2/c1-3-12-27(13-4-1)37-26-38(28-14-5-2-6-15-28)45-42(44-37)32-19-11-23-36-41(32)31-18-7-8-20-33(31)43(36)34-21-9-16-29-24-25-30-17-10-22-35(43)40(30)39(29)34/h1-26H. The predicted molar refractivity (Wildman–Crippen MR) is 184 cm³/mol. The van der Waals surface area contributed by atoms with Crippen LogP contribution in [-0.2, 0) is 5.41 Å². The van der Waals surface area contributed by atoms with Crippen molar-refractivity contribution < 1.29 is 0 Å². The van der Waals surface area contributed by atoms with Crippen LogP contribution in [0.15, 0.2) is 158 Å². The molecule has 0 fully saturated rings. The minimum Gasteiger partial charge on any atom is -0.228 e. The van der Waals surface area contributed by atoms with Gasteiger partial charge in [0.25, 0.3) is 0 Å². The number of hydrogen-bond acceptors (Lipinski definition) is 2. The first-order valence-corrected chi connectivity index (χ1v) is 15.5. The highest BCUT2D eigenvalue weighted by molar-refractivity contribution is 6.17. The van der Waals surface area contributed by atoms with E-state index < -0.39 is 5.41 Å². The summed E-state index contributed by atoms with van der Waals surface area (Å²) in [6.45, 7) is 0. The van der Waals surface area contributed by atoms with Crippen LogP contribution in [0, 0.1) is 0 Å². The maximum absolute atomic E-state index is 5.27. The summed E-state index contributed by atoms with van der Waals surface area (Å²) in [5, 5.41) is 5.32. The Labute approximate surface area is 261 Å². The first-order chi connectivity index (χ1) is 22.3. The van der Waals surface area contributed by atoms with Gasteiger partial charge in [0, 0.05) is 16.7 Å². The molecule has 0 saturated carbocycles. The van der Waals surface area contributed by atoms with Gasteiger partial charge in [-0.15, -0.1) is 0 Å². The fourth-order valence-electron chi connectivity index (χ4n) is 8.10. The molecule has 0 amide bonds. The van der Waals surface area contributed by atoms with Crippen LogP contribution < -0.4 is 0 Å². The molecule has 0 saturated heterocycles. The molecule has 2 aliphatic carbocycles. The lowest BCUT2D eigenvalue weighted by atomic mass is 9.70. The van der Waals surface area contributed by atoms with Crippen molar-refractivity contribution in [2.75, 3.05) is 0 Å². The molecule has 45 heavy (non-hydrogen) atoms. The first-order valence-electron chi connectivity index (χ1n) is 15.5. The van der Waals surface area contributed by atoms with Crippen molar-refractivity contribution in [3.05, 3.63) is 180 Å². The third-order valence-electron chi connectivity index (χ3n) is 9.87. The number of hydrogen-bond donors (Lipinski definition) is 0. The van der Waals surface area contributed by atoms with E-state index in [1.165, 1.54) is 54.9 Å². The van der Waals surface area contributed by atoms with Gasteiger partial charge < -0.3 is 0 Å². The van der Waals surface area contributed by atoms with E-state index >= 15 is 0 Å². The van der Waals surface area contributed by atoms with E-state index in [2.05, 4.69) is 146 Å². The quantitative estimate of drug-likeness (QED) is 0.198. The predicted octanol–water partition coefficient (Wildman–Crippen LogP) is 10.5. The molecule has 0 atom stereocenters. The summed E-state index contributed by atoms with van der Waals surface area (Å²) in [7, 11) is 0. The highest BCUT2D eigenvalue weighted by Crippen LogP contribution is 2.63. The Balaban J connectivity index is 1.31. The third-order valence-corrected chi connectivity index (χ3v) is 9.87. The number of aromatic nitrogens is 2. The van der Waals surface area contributed by atoms with Gasteiger partial charge in [-0.2, -0.15) is 0 Å². The van der Waals surface area contributed by atoms with E-state index in [0.29, 0.717) is 0 Å². The smallest absolute Gasteiger partial charge is 0.161 e. The second-order valence-corrected chi connectivity index (χ2v) is 12.1. The van der Waals surface area contributed by atoms with Gasteiger partial charge in [0.1, 0.15) is 0 Å². The van der Waals surface area contributed by atoms with Gasteiger partial charge in [0.2, 0.25) is 0 Å². The normalized spacial score (nSPS) is 13.5. The van der Waals surface area contributed by atoms with Crippen LogP contribution >= 0.6 is 0 Å². The third kappa shape index (κ3) is 3.23. The molecule has 8 aromatic rings. The minimum absolute atomic E-state index is 0.413. The average Bonchev–Trinajstić information content (AvgIpc) is 3.60. The largest absolute Gasteiger partial charge is 0.228 e. The number of fused-ring (bicyclic) bond motifs is 7. The SMILES string of the molecule is c1ccc(-c2cc(-c3ccccc3)nc(-c3cccc4c3-c3ccccc3C43c4cccc5ccc6cccc3c6c45)n2)cc1. The molecule has 0 unspecified atom stereocenters. The molecule has 1 spiro atoms. The fourth-order valence-corrected chi connectivity index (χ4v) is 8.10. The van der Waals surface area contributed by atoms with E-state index in [4.69, 9.17) is 9.97 Å². The highest BCUT2D eigenvalue weighted by Gasteiger charge is 2.51. The number of rotatable bonds is 3. The summed E-state index contributed by atoms with van der Waals surface area (Å²) in [5.41, 5.74) is 12.4. The summed E-state index contributed by atoms with van der Waals surface area (Å²) in [5.74, 6) is 0.742. The molecule has 2 aliphatic rings. The van der Waals surface area contributed by atoms with Crippen LogP contribution in [0.2, 0.25) is 0 Å². The zero-order valence-electron chi connectivity index (χ0n) is 24.4. The minimum atomic E-state index is -0.413. The lowest BCUT2D eigenvalue weighted by Gasteiger charge is -2.31. The van der Waals surface area contributed by atoms with E-state index in [-0.39, 0.29) is 0 Å². The summed E-state index contributed by atoms with van der Waals surface area (Å²) in [4.78, 5) is 10.5. The molecule has 0 aliphatic heterocycles. The maximum atomic E-state index is 5.27. The van der Waals surface area contributed by atoms with Gasteiger partial charge in [-0.25, -0.2) is 9.97 Å². The van der Waals surface area contributed by atoms with Crippen LogP contribution in [0.1, 0.15) is 22.3 Å². The zero-order chi connectivity index (χ0) is 29.5. The van der Waals surface area contributed by atoms with Gasteiger partial charge in [0.15, 0.2) is 5.82 Å². The summed E-state index contributed by atoms with van der Waals surface area (Å²) >= 11 is 0. The van der Waals surface area contributed by atoms with E-state index in [0.717, 1.165) is 33.9 Å². The monoisotopic (exact) mass is 570 g/mol. The Morgan fingerprint density at radius 3 is 1.49 bits per heavy atom. The van der Waals surface area contributed by atoms with Gasteiger partial charge in [0.05, 0.1) is 16.8 Å². The Bertz CT molecular complexity index is 2360. The van der Waals surface area contributed by atoms with Crippen LogP contribution in [0.25, 0.3) is 66.6 Å². The van der Waals surface area contributed by atoms with Crippen LogP contribution in [0.3, 0.4) is 0 Å². The van der Waals surface area contributed by atoms with Gasteiger partial charge in [-0.05, 0) is 61.0 Å². The molecule has 2 nitrogen and oxygen atoms in total. The topological polar surface area (TPSA) is 25.8 Å². The lowest BCUT2D eigenvalue weighted by molar-refractivity contribution is 0.797. The molecule has 2 heteroatoms. The molecule has 0 bridgehead atoms. The lowest BCUT2D eigenvalue weighted by Crippen LogP contribution is -2.26. The molecule has 208 valence electrons. The van der Waals surface area contributed by atoms with Gasteiger partial charge >= 0.3 is 0 Å². The van der Waals surface area contributed by atoms with Crippen molar-refractivity contribution in [2.45, 2.75) is 5.41 Å². The zero-order valence-corrected chi connectivity index (χ0v) is 24.4. The van der Waals surface area contributed by atoms with Crippen molar-refractivity contribution in [1.29, 1.82) is 0 Å². The van der Waals surface area contributed by atoms with Crippen LogP contribution in [-0.4, -0.2) is 9.97 Å². The molecule has 1 heterocycles. The van der Waals surface area contributed by atoms with Crippen LogP contribution in [0.5, 0.6) is 0 Å². The van der Waals surface area contributed by atoms with Crippen molar-refractivity contribution in [2.24, 2.45) is 0 Å². The van der Waals surface area contributed by atoms with Crippen LogP contribution in [0.4, 0.5) is 0 Å². The van der Waals surface area contributed by atoms with Crippen molar-refractivity contribution in [3.63, 3.8) is 0 Å². The fraction of sp³-hybridized carbons (Fsp3) is 0.0233. The Morgan fingerprint density at radius 2 is 0.867 bits per heavy atom. The van der Waals surface area contributed by atoms with Crippen molar-refractivity contribution in [3.8, 4) is 45.0 Å². The summed E-state index contributed by atoms with van der Waals surface area (Å²) in [6.07, 6.45) is 0. The summed E-state index contributed by atoms with van der Waals surface area (Å²) in [6, 6.07) is 56.9. The molecule has 10 rings (SSSR count). The van der Waals surface area contributed by atoms with Gasteiger partial charge in [-0.1, -0.05) is 152 Å². The molecule has 7 aromatic carbocycles. The van der Waals surface area contributed by atoms with E-state index in [1.807, 2.05) is 12.1 Å². The average molecular weight is 571 g/mol. The Hall–Kier alpha value is -5.86. The number of nitrogens with zero attached hydrogens (tertiary/aromatic N) is 2.